The summed E-state index contributed by atoms with van der Waals surface area (Å²) in [5.41, 5.74) is 0. The van der Waals surface area contributed by atoms with Gasteiger partial charge in [0.15, 0.2) is 0 Å². The van der Waals surface area contributed by atoms with Gasteiger partial charge in [-0.3, -0.25) is 4.79 Å². The van der Waals surface area contributed by atoms with Crippen LogP contribution in [0, 0.1) is 0 Å². The van der Waals surface area contributed by atoms with E-state index in [4.69, 9.17) is 16.7 Å². The van der Waals surface area contributed by atoms with Gasteiger partial charge in [-0.05, 0) is 0 Å². The standard InChI is InChI=1S/C3H5ClO2.Hg/c4-2-1-3(5)6;/h1-2H2,(H,5,6);. The minimum Gasteiger partial charge on any atom is -0.481 e. The first kappa shape index (κ1) is 10.6. The van der Waals surface area contributed by atoms with E-state index in [0.717, 1.165) is 0 Å². The van der Waals surface area contributed by atoms with Crippen molar-refractivity contribution < 1.29 is 37.6 Å². The number of hydrogen-bond acceptors (Lipinski definition) is 1. The third-order valence-corrected chi connectivity index (χ3v) is 0.497. The van der Waals surface area contributed by atoms with Crippen LogP contribution in [0.5, 0.6) is 0 Å². The van der Waals surface area contributed by atoms with E-state index in [9.17, 15) is 4.79 Å². The first-order valence-electron chi connectivity index (χ1n) is 1.55. The Balaban J connectivity index is 0. The van der Waals surface area contributed by atoms with Gasteiger partial charge >= 0.3 is 5.97 Å². The number of halogens is 1. The molecule has 1 N–H and O–H groups in total. The Morgan fingerprint density at radius 1 is 1.71 bits per heavy atom. The summed E-state index contributed by atoms with van der Waals surface area (Å²) >= 11 is 5.02. The van der Waals surface area contributed by atoms with Crippen LogP contribution in [0.2, 0.25) is 0 Å². The fourth-order valence-electron chi connectivity index (χ4n) is 0.0808. The van der Waals surface area contributed by atoms with Crippen molar-refractivity contribution in [2.45, 2.75) is 6.42 Å². The van der Waals surface area contributed by atoms with Crippen molar-refractivity contribution in [3.05, 3.63) is 0 Å². The van der Waals surface area contributed by atoms with Crippen LogP contribution in [-0.4, -0.2) is 17.0 Å². The zero-order chi connectivity index (χ0) is 4.99. The molecule has 0 bridgehead atoms. The Bertz CT molecular complexity index is 56.9. The number of carboxylic acid groups (broad SMARTS) is 1. The van der Waals surface area contributed by atoms with E-state index in [1.165, 1.54) is 0 Å². The van der Waals surface area contributed by atoms with Gasteiger partial charge in [-0.15, -0.1) is 11.6 Å². The van der Waals surface area contributed by atoms with Gasteiger partial charge in [-0.25, -0.2) is 0 Å². The summed E-state index contributed by atoms with van der Waals surface area (Å²) < 4.78 is 0. The van der Waals surface area contributed by atoms with Gasteiger partial charge in [0.1, 0.15) is 0 Å². The molecule has 7 heavy (non-hydrogen) atoms. The summed E-state index contributed by atoms with van der Waals surface area (Å²) in [4.78, 5) is 9.51. The average Bonchev–Trinajstić information content (AvgIpc) is 1.35. The Morgan fingerprint density at radius 2 is 2.14 bits per heavy atom. The molecule has 0 heterocycles. The average molecular weight is 309 g/mol. The molecule has 0 aliphatic carbocycles. The minimum absolute atomic E-state index is 0. The molecule has 38 valence electrons. The van der Waals surface area contributed by atoms with Gasteiger partial charge in [0, 0.05) is 33.5 Å². The van der Waals surface area contributed by atoms with E-state index in [-0.39, 0.29) is 40.0 Å². The molecule has 0 unspecified atom stereocenters. The number of hydrogen-bond donors (Lipinski definition) is 1. The van der Waals surface area contributed by atoms with Crippen LogP contribution in [0.15, 0.2) is 0 Å². The van der Waals surface area contributed by atoms with Crippen LogP contribution >= 0.6 is 11.6 Å². The van der Waals surface area contributed by atoms with Crippen molar-refractivity contribution in [3.63, 3.8) is 0 Å². The van der Waals surface area contributed by atoms with Crippen LogP contribution < -0.4 is 0 Å². The van der Waals surface area contributed by atoms with Crippen molar-refractivity contribution in [2.75, 3.05) is 5.88 Å². The number of alkyl halides is 1. The number of carbonyl (C=O) groups is 1. The van der Waals surface area contributed by atoms with Crippen LogP contribution in [0.4, 0.5) is 0 Å². The second-order valence-corrected chi connectivity index (χ2v) is 1.21. The molecule has 0 spiro atoms. The molecule has 0 atom stereocenters. The van der Waals surface area contributed by atoms with E-state index in [2.05, 4.69) is 0 Å². The minimum atomic E-state index is -0.843. The molecule has 0 aromatic rings. The molecule has 0 saturated carbocycles. The largest absolute Gasteiger partial charge is 0.481 e. The van der Waals surface area contributed by atoms with Crippen molar-refractivity contribution in [2.24, 2.45) is 0 Å². The maximum atomic E-state index is 9.51. The first-order chi connectivity index (χ1) is 2.77. The van der Waals surface area contributed by atoms with Crippen molar-refractivity contribution in [1.82, 2.24) is 0 Å². The van der Waals surface area contributed by atoms with Gasteiger partial charge in [0.2, 0.25) is 0 Å². The van der Waals surface area contributed by atoms with Crippen LogP contribution in [0.25, 0.3) is 0 Å². The van der Waals surface area contributed by atoms with Crippen LogP contribution in [-0.2, 0) is 32.5 Å². The fraction of sp³-hybridized carbons (Fsp3) is 0.667. The van der Waals surface area contributed by atoms with Crippen LogP contribution in [0.3, 0.4) is 0 Å². The van der Waals surface area contributed by atoms with E-state index in [1.54, 1.807) is 0 Å². The predicted molar refractivity (Wildman–Crippen MR) is 23.0 cm³/mol. The Labute approximate surface area is 67.4 Å². The predicted octanol–water partition coefficient (Wildman–Crippen LogP) is 0.697. The summed E-state index contributed by atoms with van der Waals surface area (Å²) in [6.45, 7) is 0. The topological polar surface area (TPSA) is 37.3 Å². The Hall–Kier alpha value is 0.695. The molecule has 0 fully saturated rings. The second-order valence-electron chi connectivity index (χ2n) is 0.833. The Kier molecular flexibility index (Phi) is 10.2. The smallest absolute Gasteiger partial charge is 0.304 e. The summed E-state index contributed by atoms with van der Waals surface area (Å²) in [5.74, 6) is -0.639. The zero-order valence-corrected chi connectivity index (χ0v) is 10.1. The molecule has 0 amide bonds. The van der Waals surface area contributed by atoms with Gasteiger partial charge in [-0.1, -0.05) is 0 Å². The number of aliphatic carboxylic acids is 1. The maximum absolute atomic E-state index is 9.51. The van der Waals surface area contributed by atoms with Crippen molar-refractivity contribution in [3.8, 4) is 0 Å². The SMILES string of the molecule is O=C(O)CCCl.[Hg]. The molecule has 0 radical (unpaired) electrons. The van der Waals surface area contributed by atoms with E-state index in [0.29, 0.717) is 0 Å². The quantitative estimate of drug-likeness (QED) is 0.602. The fourth-order valence-corrected chi connectivity index (χ4v) is 0.243. The summed E-state index contributed by atoms with van der Waals surface area (Å²) in [6.07, 6.45) is 0.0571. The molecule has 0 aliphatic heterocycles. The van der Waals surface area contributed by atoms with Gasteiger partial charge in [0.05, 0.1) is 6.42 Å². The van der Waals surface area contributed by atoms with Crippen molar-refractivity contribution in [1.29, 1.82) is 0 Å². The van der Waals surface area contributed by atoms with Gasteiger partial charge in [0.25, 0.3) is 0 Å². The van der Waals surface area contributed by atoms with Gasteiger partial charge in [-0.2, -0.15) is 0 Å². The molecular weight excluding hydrogens is 304 g/mol. The van der Waals surface area contributed by atoms with Crippen LogP contribution in [0.1, 0.15) is 6.42 Å². The summed E-state index contributed by atoms with van der Waals surface area (Å²) in [5, 5.41) is 7.83. The monoisotopic (exact) mass is 310 g/mol. The molecule has 0 aromatic carbocycles. The normalized spacial score (nSPS) is 7.00. The third-order valence-electron chi connectivity index (χ3n) is 0.308. The van der Waals surface area contributed by atoms with E-state index in [1.807, 2.05) is 0 Å². The molecule has 0 rings (SSSR count). The van der Waals surface area contributed by atoms with E-state index < -0.39 is 5.97 Å². The molecule has 0 saturated heterocycles. The first-order valence-corrected chi connectivity index (χ1v) is 2.08. The molecule has 2 nitrogen and oxygen atoms in total. The number of rotatable bonds is 2. The molecular formula is C3H5ClHgO2. The third kappa shape index (κ3) is 10.8. The number of carboxylic acids is 1. The molecule has 0 aromatic heterocycles. The van der Waals surface area contributed by atoms with E-state index >= 15 is 0 Å². The second kappa shape index (κ2) is 6.70. The summed E-state index contributed by atoms with van der Waals surface area (Å²) in [6, 6.07) is 0. The van der Waals surface area contributed by atoms with Gasteiger partial charge < -0.3 is 5.11 Å². The maximum Gasteiger partial charge on any atom is 0.304 e. The molecule has 4 heteroatoms. The Morgan fingerprint density at radius 3 is 2.14 bits per heavy atom. The summed E-state index contributed by atoms with van der Waals surface area (Å²) in [7, 11) is 0. The van der Waals surface area contributed by atoms with Crippen molar-refractivity contribution >= 4 is 17.6 Å². The molecule has 0 aliphatic rings. The zero-order valence-electron chi connectivity index (χ0n) is 3.85.